The number of nitrogens with one attached hydrogen (secondary N) is 1. The van der Waals surface area contributed by atoms with E-state index >= 15 is 0 Å². The van der Waals surface area contributed by atoms with E-state index in [0.717, 1.165) is 41.7 Å². The van der Waals surface area contributed by atoms with Gasteiger partial charge >= 0.3 is 5.97 Å². The van der Waals surface area contributed by atoms with Crippen molar-refractivity contribution in [3.63, 3.8) is 0 Å². The number of carbonyl (C=O) groups excluding carboxylic acids is 1. The lowest BCUT2D eigenvalue weighted by Crippen LogP contribution is -2.20. The SMILES string of the molecule is CCOC(=O)C(CCCCn1cnc2c1NC=NCC2O)Cc1cccc(Br)c1. The van der Waals surface area contributed by atoms with Crippen LogP contribution in [0.4, 0.5) is 5.82 Å². The highest BCUT2D eigenvalue weighted by molar-refractivity contribution is 9.10. The number of aryl methyl sites for hydroxylation is 1. The van der Waals surface area contributed by atoms with Crippen LogP contribution in [0.25, 0.3) is 0 Å². The maximum Gasteiger partial charge on any atom is 0.309 e. The number of imidazole rings is 1. The third-order valence-corrected chi connectivity index (χ3v) is 5.44. The zero-order valence-corrected chi connectivity index (χ0v) is 18.1. The van der Waals surface area contributed by atoms with Crippen LogP contribution in [0.1, 0.15) is 43.5 Å². The van der Waals surface area contributed by atoms with Gasteiger partial charge in [-0.1, -0.05) is 34.5 Å². The Balaban J connectivity index is 1.56. The van der Waals surface area contributed by atoms with Crippen molar-refractivity contribution < 1.29 is 14.6 Å². The van der Waals surface area contributed by atoms with Crippen molar-refractivity contribution in [2.75, 3.05) is 18.5 Å². The first-order chi connectivity index (χ1) is 14.1. The summed E-state index contributed by atoms with van der Waals surface area (Å²) < 4.78 is 8.29. The summed E-state index contributed by atoms with van der Waals surface area (Å²) in [6, 6.07) is 8.05. The van der Waals surface area contributed by atoms with Crippen LogP contribution < -0.4 is 5.32 Å². The van der Waals surface area contributed by atoms with Crippen molar-refractivity contribution in [2.24, 2.45) is 10.9 Å². The lowest BCUT2D eigenvalue weighted by Gasteiger charge is -2.16. The van der Waals surface area contributed by atoms with Gasteiger partial charge in [0.05, 0.1) is 31.7 Å². The molecule has 1 aromatic carbocycles. The van der Waals surface area contributed by atoms with Crippen molar-refractivity contribution >= 4 is 34.1 Å². The van der Waals surface area contributed by atoms with Gasteiger partial charge in [0.1, 0.15) is 17.6 Å². The van der Waals surface area contributed by atoms with Crippen molar-refractivity contribution in [3.05, 3.63) is 46.3 Å². The maximum absolute atomic E-state index is 12.4. The number of aromatic nitrogens is 2. The predicted octanol–water partition coefficient (Wildman–Crippen LogP) is 3.73. The van der Waals surface area contributed by atoms with Crippen LogP contribution in [0, 0.1) is 5.92 Å². The molecule has 2 unspecified atom stereocenters. The molecule has 1 aliphatic rings. The molecule has 0 bridgehead atoms. The van der Waals surface area contributed by atoms with E-state index in [1.807, 2.05) is 35.8 Å². The van der Waals surface area contributed by atoms with Crippen LogP contribution in [0.15, 0.2) is 40.1 Å². The topological polar surface area (TPSA) is 88.7 Å². The molecule has 2 heterocycles. The molecule has 29 heavy (non-hydrogen) atoms. The fourth-order valence-electron chi connectivity index (χ4n) is 3.50. The molecular weight excluding hydrogens is 436 g/mol. The molecule has 8 heteroatoms. The van der Waals surface area contributed by atoms with Crippen LogP contribution in [-0.4, -0.2) is 40.1 Å². The number of anilines is 1. The van der Waals surface area contributed by atoms with Gasteiger partial charge < -0.3 is 19.7 Å². The highest BCUT2D eigenvalue weighted by atomic mass is 79.9. The number of aliphatic hydroxyl groups excluding tert-OH is 1. The first-order valence-corrected chi connectivity index (χ1v) is 10.8. The minimum Gasteiger partial charge on any atom is -0.466 e. The van der Waals surface area contributed by atoms with E-state index in [1.54, 1.807) is 12.7 Å². The van der Waals surface area contributed by atoms with Crippen LogP contribution in [0.3, 0.4) is 0 Å². The second kappa shape index (κ2) is 10.5. The minimum atomic E-state index is -0.684. The first-order valence-electron chi connectivity index (χ1n) is 9.97. The lowest BCUT2D eigenvalue weighted by molar-refractivity contribution is -0.148. The highest BCUT2D eigenvalue weighted by Gasteiger charge is 2.21. The number of fused-ring (bicyclic) bond motifs is 1. The molecule has 3 rings (SSSR count). The molecule has 0 aliphatic carbocycles. The summed E-state index contributed by atoms with van der Waals surface area (Å²) in [5.41, 5.74) is 1.75. The molecule has 0 radical (unpaired) electrons. The number of carbonyl (C=O) groups is 1. The zero-order chi connectivity index (χ0) is 20.6. The number of nitrogens with zero attached hydrogens (tertiary/aromatic N) is 3. The molecule has 7 nitrogen and oxygen atoms in total. The first kappa shape index (κ1) is 21.5. The molecular formula is C21H27BrN4O3. The van der Waals surface area contributed by atoms with Crippen LogP contribution in [0.5, 0.6) is 0 Å². The summed E-state index contributed by atoms with van der Waals surface area (Å²) in [6.45, 7) is 3.30. The monoisotopic (exact) mass is 462 g/mol. The molecule has 0 fully saturated rings. The fraction of sp³-hybridized carbons (Fsp3) is 0.476. The number of ether oxygens (including phenoxy) is 1. The Labute approximate surface area is 179 Å². The Kier molecular flexibility index (Phi) is 7.83. The zero-order valence-electron chi connectivity index (χ0n) is 16.6. The fourth-order valence-corrected chi connectivity index (χ4v) is 3.95. The van der Waals surface area contributed by atoms with Crippen molar-refractivity contribution in [3.8, 4) is 0 Å². The van der Waals surface area contributed by atoms with Gasteiger partial charge in [0.25, 0.3) is 0 Å². The number of halogens is 1. The number of unbranched alkanes of at least 4 members (excludes halogenated alkanes) is 1. The van der Waals surface area contributed by atoms with Crippen molar-refractivity contribution in [2.45, 2.75) is 45.3 Å². The van der Waals surface area contributed by atoms with Gasteiger partial charge in [-0.05, 0) is 43.9 Å². The Hall–Kier alpha value is -2.19. The number of benzene rings is 1. The maximum atomic E-state index is 12.4. The van der Waals surface area contributed by atoms with Gasteiger partial charge in [-0.3, -0.25) is 9.79 Å². The van der Waals surface area contributed by atoms with Crippen LogP contribution >= 0.6 is 15.9 Å². The third-order valence-electron chi connectivity index (χ3n) is 4.95. The molecule has 2 N–H and O–H groups in total. The van der Waals surface area contributed by atoms with Gasteiger partial charge in [0.15, 0.2) is 0 Å². The number of aliphatic imine (C=N–C) groups is 1. The quantitative estimate of drug-likeness (QED) is 0.437. The minimum absolute atomic E-state index is 0.134. The standard InChI is InChI=1S/C21H27BrN4O3/c1-2-29-21(28)16(10-15-6-5-8-17(22)11-15)7-3-4-9-26-14-25-19-18(27)12-23-13-24-20(19)26/h5-6,8,11,13-14,16,18,27H,2-4,7,9-10,12H2,1H3,(H,23,24). The Morgan fingerprint density at radius 1 is 1.45 bits per heavy atom. The molecule has 1 aromatic heterocycles. The normalized spacial score (nSPS) is 16.6. The van der Waals surface area contributed by atoms with Gasteiger partial charge in [0.2, 0.25) is 0 Å². The van der Waals surface area contributed by atoms with Crippen molar-refractivity contribution in [1.29, 1.82) is 0 Å². The molecule has 1 aliphatic heterocycles. The largest absolute Gasteiger partial charge is 0.466 e. The number of hydrogen-bond acceptors (Lipinski definition) is 6. The summed E-state index contributed by atoms with van der Waals surface area (Å²) in [5, 5.41) is 13.2. The molecule has 0 amide bonds. The van der Waals surface area contributed by atoms with E-state index in [4.69, 9.17) is 4.74 Å². The average Bonchev–Trinajstić information content (AvgIpc) is 3.01. The number of esters is 1. The Bertz CT molecular complexity index is 852. The summed E-state index contributed by atoms with van der Waals surface area (Å²) >= 11 is 3.49. The van der Waals surface area contributed by atoms with Gasteiger partial charge in [0, 0.05) is 11.0 Å². The van der Waals surface area contributed by atoms with E-state index in [1.165, 1.54) is 0 Å². The van der Waals surface area contributed by atoms with E-state index < -0.39 is 6.10 Å². The second-order valence-electron chi connectivity index (χ2n) is 7.10. The van der Waals surface area contributed by atoms with Gasteiger partial charge in [-0.15, -0.1) is 0 Å². The van der Waals surface area contributed by atoms with E-state index in [9.17, 15) is 9.90 Å². The molecule has 156 valence electrons. The van der Waals surface area contributed by atoms with Crippen LogP contribution in [-0.2, 0) is 22.5 Å². The number of aliphatic hydroxyl groups is 1. The van der Waals surface area contributed by atoms with Crippen LogP contribution in [0.2, 0.25) is 0 Å². The smallest absolute Gasteiger partial charge is 0.309 e. The molecule has 0 spiro atoms. The molecule has 2 atom stereocenters. The van der Waals surface area contributed by atoms with E-state index in [0.29, 0.717) is 25.3 Å². The number of rotatable bonds is 9. The molecule has 0 saturated heterocycles. The highest BCUT2D eigenvalue weighted by Crippen LogP contribution is 2.25. The van der Waals surface area contributed by atoms with E-state index in [2.05, 4.69) is 31.2 Å². The number of hydrogen-bond donors (Lipinski definition) is 2. The molecule has 2 aromatic rings. The summed E-state index contributed by atoms with van der Waals surface area (Å²) in [7, 11) is 0. The predicted molar refractivity (Wildman–Crippen MR) is 116 cm³/mol. The van der Waals surface area contributed by atoms with Crippen molar-refractivity contribution in [1.82, 2.24) is 9.55 Å². The summed E-state index contributed by atoms with van der Waals surface area (Å²) in [5.74, 6) is 0.496. The summed E-state index contributed by atoms with van der Waals surface area (Å²) in [6.07, 6.45) is 5.87. The molecule has 0 saturated carbocycles. The third kappa shape index (κ3) is 5.90. The van der Waals surface area contributed by atoms with Gasteiger partial charge in [-0.25, -0.2) is 4.98 Å². The Morgan fingerprint density at radius 3 is 3.10 bits per heavy atom. The average molecular weight is 463 g/mol. The summed E-state index contributed by atoms with van der Waals surface area (Å²) in [4.78, 5) is 20.8. The second-order valence-corrected chi connectivity index (χ2v) is 8.02. The van der Waals surface area contributed by atoms with Gasteiger partial charge in [-0.2, -0.15) is 0 Å². The van der Waals surface area contributed by atoms with E-state index in [-0.39, 0.29) is 11.9 Å². The lowest BCUT2D eigenvalue weighted by atomic mass is 9.94. The Morgan fingerprint density at radius 2 is 2.31 bits per heavy atom.